The fourth-order valence-corrected chi connectivity index (χ4v) is 3.70. The average Bonchev–Trinajstić information content (AvgIpc) is 3.17. The highest BCUT2D eigenvalue weighted by Crippen LogP contribution is 2.30. The molecule has 0 aromatic heterocycles. The molecule has 0 aliphatic carbocycles. The first-order valence-electron chi connectivity index (χ1n) is 11.3. The molecule has 4 nitrogen and oxygen atoms in total. The molecule has 4 rings (SSSR count). The lowest BCUT2D eigenvalue weighted by Crippen LogP contribution is -2.21. The van der Waals surface area contributed by atoms with E-state index in [2.05, 4.69) is 6.92 Å². The van der Waals surface area contributed by atoms with Crippen molar-refractivity contribution >= 4 is 23.4 Å². The Hall–Kier alpha value is -3.66. The Balaban J connectivity index is 1.67. The van der Waals surface area contributed by atoms with Crippen LogP contribution in [0.15, 0.2) is 95.6 Å². The van der Waals surface area contributed by atoms with Crippen LogP contribution in [0.2, 0.25) is 0 Å². The van der Waals surface area contributed by atoms with Crippen molar-refractivity contribution in [3.63, 3.8) is 0 Å². The van der Waals surface area contributed by atoms with Gasteiger partial charge in [0.05, 0.1) is 17.9 Å². The molecule has 0 fully saturated rings. The Morgan fingerprint density at radius 1 is 0.844 bits per heavy atom. The van der Waals surface area contributed by atoms with Crippen LogP contribution in [0.25, 0.3) is 6.08 Å². The Bertz CT molecular complexity index is 1100. The van der Waals surface area contributed by atoms with Gasteiger partial charge in [-0.15, -0.1) is 0 Å². The number of hydrogen-bond donors (Lipinski definition) is 0. The molecule has 0 spiro atoms. The first kappa shape index (κ1) is 21.6. The number of hydrazone groups is 1. The minimum absolute atomic E-state index is 0.146. The minimum Gasteiger partial charge on any atom is -0.493 e. The second-order valence-electron chi connectivity index (χ2n) is 7.77. The Kier molecular flexibility index (Phi) is 7.13. The normalized spacial score (nSPS) is 14.7. The molecule has 0 bridgehead atoms. The lowest BCUT2D eigenvalue weighted by atomic mass is 10.00. The monoisotopic (exact) mass is 424 g/mol. The van der Waals surface area contributed by atoms with Gasteiger partial charge >= 0.3 is 0 Å². The number of benzene rings is 3. The fourth-order valence-electron chi connectivity index (χ4n) is 3.70. The number of carbonyl (C=O) groups is 1. The number of ether oxygens (including phenoxy) is 1. The number of rotatable bonds is 9. The molecule has 0 saturated carbocycles. The second kappa shape index (κ2) is 10.6. The number of anilines is 1. The summed E-state index contributed by atoms with van der Waals surface area (Å²) in [6.07, 6.45) is 6.50. The first-order chi connectivity index (χ1) is 15.8. The van der Waals surface area contributed by atoms with E-state index in [0.717, 1.165) is 35.4 Å². The van der Waals surface area contributed by atoms with E-state index in [-0.39, 0.29) is 5.91 Å². The second-order valence-corrected chi connectivity index (χ2v) is 7.77. The van der Waals surface area contributed by atoms with Crippen molar-refractivity contribution in [2.24, 2.45) is 5.10 Å². The molecule has 1 aliphatic heterocycles. The highest BCUT2D eigenvalue weighted by atomic mass is 16.5. The van der Waals surface area contributed by atoms with E-state index in [9.17, 15) is 4.79 Å². The summed E-state index contributed by atoms with van der Waals surface area (Å²) < 4.78 is 6.07. The third kappa shape index (κ3) is 4.97. The highest BCUT2D eigenvalue weighted by molar-refractivity contribution is 6.37. The number of para-hydroxylation sites is 2. The molecular weight excluding hydrogens is 396 g/mol. The van der Waals surface area contributed by atoms with E-state index in [1.165, 1.54) is 17.9 Å². The molecular formula is C28H28N2O2. The van der Waals surface area contributed by atoms with Gasteiger partial charge < -0.3 is 4.74 Å². The zero-order valence-corrected chi connectivity index (χ0v) is 18.4. The van der Waals surface area contributed by atoms with Gasteiger partial charge in [0.25, 0.3) is 5.91 Å². The Morgan fingerprint density at radius 2 is 1.53 bits per heavy atom. The maximum Gasteiger partial charge on any atom is 0.281 e. The molecule has 0 unspecified atom stereocenters. The van der Waals surface area contributed by atoms with Gasteiger partial charge in [0.1, 0.15) is 11.5 Å². The molecule has 4 heteroatoms. The Labute approximate surface area is 189 Å². The summed E-state index contributed by atoms with van der Waals surface area (Å²) >= 11 is 0. The molecule has 3 aromatic rings. The van der Waals surface area contributed by atoms with Gasteiger partial charge in [-0.25, -0.2) is 0 Å². The van der Waals surface area contributed by atoms with Crippen LogP contribution in [0.4, 0.5) is 5.69 Å². The molecule has 0 atom stereocenters. The van der Waals surface area contributed by atoms with Crippen molar-refractivity contribution < 1.29 is 9.53 Å². The van der Waals surface area contributed by atoms with E-state index in [0.29, 0.717) is 17.9 Å². The third-order valence-electron chi connectivity index (χ3n) is 5.40. The maximum absolute atomic E-state index is 13.4. The number of carbonyl (C=O) groups excluding carboxylic acids is 1. The van der Waals surface area contributed by atoms with Crippen LogP contribution < -0.4 is 9.75 Å². The molecule has 3 aromatic carbocycles. The fraction of sp³-hybridized carbons (Fsp3) is 0.214. The number of hydrogen-bond acceptors (Lipinski definition) is 3. The zero-order chi connectivity index (χ0) is 22.2. The van der Waals surface area contributed by atoms with Crippen LogP contribution in [0.1, 0.15) is 43.7 Å². The van der Waals surface area contributed by atoms with Gasteiger partial charge in [0.2, 0.25) is 0 Å². The number of unbranched alkanes of at least 4 members (excludes halogenated alkanes) is 3. The molecule has 0 N–H and O–H groups in total. The van der Waals surface area contributed by atoms with Gasteiger partial charge in [-0.3, -0.25) is 4.79 Å². The van der Waals surface area contributed by atoms with Gasteiger partial charge in [-0.1, -0.05) is 92.9 Å². The molecule has 32 heavy (non-hydrogen) atoms. The highest BCUT2D eigenvalue weighted by Gasteiger charge is 2.32. The quantitative estimate of drug-likeness (QED) is 0.291. The van der Waals surface area contributed by atoms with Crippen LogP contribution in [0.5, 0.6) is 5.75 Å². The van der Waals surface area contributed by atoms with E-state index >= 15 is 0 Å². The maximum atomic E-state index is 13.4. The van der Waals surface area contributed by atoms with Gasteiger partial charge in [0.15, 0.2) is 0 Å². The van der Waals surface area contributed by atoms with Crippen molar-refractivity contribution in [1.29, 1.82) is 0 Å². The lowest BCUT2D eigenvalue weighted by Gasteiger charge is -2.12. The zero-order valence-electron chi connectivity index (χ0n) is 18.4. The summed E-state index contributed by atoms with van der Waals surface area (Å²) in [7, 11) is 0. The molecule has 1 aliphatic rings. The summed E-state index contributed by atoms with van der Waals surface area (Å²) in [5.41, 5.74) is 3.75. The summed E-state index contributed by atoms with van der Waals surface area (Å²) in [5.74, 6) is 0.641. The third-order valence-corrected chi connectivity index (χ3v) is 5.40. The molecule has 0 radical (unpaired) electrons. The average molecular weight is 425 g/mol. The van der Waals surface area contributed by atoms with Crippen molar-refractivity contribution in [2.45, 2.75) is 32.6 Å². The van der Waals surface area contributed by atoms with Crippen molar-refractivity contribution in [3.8, 4) is 5.75 Å². The van der Waals surface area contributed by atoms with Crippen LogP contribution in [0, 0.1) is 0 Å². The van der Waals surface area contributed by atoms with Crippen LogP contribution >= 0.6 is 0 Å². The van der Waals surface area contributed by atoms with E-state index in [1.54, 1.807) is 0 Å². The summed E-state index contributed by atoms with van der Waals surface area (Å²) in [6.45, 7) is 2.87. The lowest BCUT2D eigenvalue weighted by molar-refractivity contribution is -0.114. The first-order valence-corrected chi connectivity index (χ1v) is 11.3. The van der Waals surface area contributed by atoms with Crippen molar-refractivity contribution in [1.82, 2.24) is 0 Å². The van der Waals surface area contributed by atoms with Gasteiger partial charge in [0, 0.05) is 11.1 Å². The van der Waals surface area contributed by atoms with E-state index in [1.807, 2.05) is 91.0 Å². The molecule has 0 saturated heterocycles. The van der Waals surface area contributed by atoms with Crippen LogP contribution in [-0.2, 0) is 4.79 Å². The summed E-state index contributed by atoms with van der Waals surface area (Å²) in [6, 6.07) is 27.2. The number of amides is 1. The largest absolute Gasteiger partial charge is 0.493 e. The van der Waals surface area contributed by atoms with Crippen molar-refractivity contribution in [3.05, 3.63) is 102 Å². The summed E-state index contributed by atoms with van der Waals surface area (Å²) in [5, 5.41) is 6.18. The van der Waals surface area contributed by atoms with Gasteiger partial charge in [-0.05, 0) is 30.7 Å². The predicted octanol–water partition coefficient (Wildman–Crippen LogP) is 6.48. The minimum atomic E-state index is -0.146. The molecule has 1 heterocycles. The standard InChI is InChI=1S/C28H28N2O2/c1-2-3-4-13-20-32-26-19-12-11-16-23(26)21-25-27(22-14-7-5-8-15-22)29-30(28(25)31)24-17-9-6-10-18-24/h5-12,14-19,21H,2-4,13,20H2,1H3/b25-21-. The topological polar surface area (TPSA) is 41.9 Å². The molecule has 162 valence electrons. The van der Waals surface area contributed by atoms with Crippen LogP contribution in [-0.4, -0.2) is 18.2 Å². The smallest absolute Gasteiger partial charge is 0.281 e. The predicted molar refractivity (Wildman–Crippen MR) is 131 cm³/mol. The SMILES string of the molecule is CCCCCCOc1ccccc1/C=C1\C(=O)N(c2ccccc2)N=C1c1ccccc1. The molecule has 1 amide bonds. The number of nitrogens with zero attached hydrogens (tertiary/aromatic N) is 2. The van der Waals surface area contributed by atoms with Crippen molar-refractivity contribution in [2.75, 3.05) is 11.6 Å². The summed E-state index contributed by atoms with van der Waals surface area (Å²) in [4.78, 5) is 13.4. The Morgan fingerprint density at radius 3 is 2.28 bits per heavy atom. The van der Waals surface area contributed by atoms with Gasteiger partial charge in [-0.2, -0.15) is 10.1 Å². The van der Waals surface area contributed by atoms with E-state index in [4.69, 9.17) is 9.84 Å². The van der Waals surface area contributed by atoms with Crippen LogP contribution in [0.3, 0.4) is 0 Å². The van der Waals surface area contributed by atoms with E-state index < -0.39 is 0 Å².